The molecular formula is C45H70N6O3. The smallest absolute Gasteiger partial charge is 0.323 e. The van der Waals surface area contributed by atoms with Crippen LogP contribution in [0.2, 0.25) is 0 Å². The number of amides is 2. The van der Waals surface area contributed by atoms with Crippen LogP contribution in [0.4, 0.5) is 4.79 Å². The number of allylic oxidation sites excluding steroid dienone is 10. The molecular weight excluding hydrogens is 673 g/mol. The number of nitrogens with zero attached hydrogens (tertiary/aromatic N) is 4. The molecule has 1 fully saturated rings. The maximum Gasteiger partial charge on any atom is 0.323 e. The first kappa shape index (κ1) is 44.6. The maximum atomic E-state index is 12.9. The molecule has 1 aromatic rings. The minimum absolute atomic E-state index is 0.164. The van der Waals surface area contributed by atoms with Gasteiger partial charge in [-0.25, -0.2) is 9.79 Å². The van der Waals surface area contributed by atoms with Crippen LogP contribution >= 0.6 is 0 Å². The van der Waals surface area contributed by atoms with Crippen molar-refractivity contribution >= 4 is 17.9 Å². The second-order valence-electron chi connectivity index (χ2n) is 15.7. The van der Waals surface area contributed by atoms with E-state index in [4.69, 9.17) is 15.2 Å². The fraction of sp³-hybridized carbons (Fsp3) is 0.578. The summed E-state index contributed by atoms with van der Waals surface area (Å²) in [6.07, 6.45) is 23.4. The zero-order valence-electron chi connectivity index (χ0n) is 35.0. The number of fused-ring (bicyclic) bond motifs is 1. The Morgan fingerprint density at radius 2 is 1.37 bits per heavy atom. The Morgan fingerprint density at radius 1 is 0.833 bits per heavy atom. The molecule has 3 N–H and O–H groups in total. The van der Waals surface area contributed by atoms with E-state index in [1.807, 2.05) is 0 Å². The van der Waals surface area contributed by atoms with E-state index in [0.29, 0.717) is 25.6 Å². The summed E-state index contributed by atoms with van der Waals surface area (Å²) in [6.45, 7) is 18.2. The monoisotopic (exact) mass is 743 g/mol. The highest BCUT2D eigenvalue weighted by Gasteiger charge is 2.48. The van der Waals surface area contributed by atoms with E-state index in [0.717, 1.165) is 76.4 Å². The van der Waals surface area contributed by atoms with Crippen molar-refractivity contribution in [3.63, 3.8) is 0 Å². The van der Waals surface area contributed by atoms with Crippen LogP contribution in [-0.2, 0) is 22.6 Å². The van der Waals surface area contributed by atoms with Gasteiger partial charge >= 0.3 is 12.1 Å². The van der Waals surface area contributed by atoms with Gasteiger partial charge in [0, 0.05) is 13.7 Å². The van der Waals surface area contributed by atoms with Gasteiger partial charge in [-0.05, 0) is 137 Å². The van der Waals surface area contributed by atoms with E-state index in [2.05, 4.69) is 123 Å². The van der Waals surface area contributed by atoms with Gasteiger partial charge in [-0.2, -0.15) is 4.99 Å². The van der Waals surface area contributed by atoms with Crippen molar-refractivity contribution in [3.05, 3.63) is 93.6 Å². The van der Waals surface area contributed by atoms with Crippen molar-refractivity contribution < 1.29 is 14.3 Å². The average Bonchev–Trinajstić information content (AvgIpc) is 3.42. The molecule has 2 aliphatic rings. The largest absolute Gasteiger partial charge is 0.461 e. The topological polar surface area (TPSA) is 105 Å². The van der Waals surface area contributed by atoms with Gasteiger partial charge in [-0.3, -0.25) is 4.90 Å². The summed E-state index contributed by atoms with van der Waals surface area (Å²) in [5.74, 6) is 0.525. The summed E-state index contributed by atoms with van der Waals surface area (Å²) in [7, 11) is 3.78. The highest BCUT2D eigenvalue weighted by molar-refractivity contribution is 6.12. The van der Waals surface area contributed by atoms with Crippen molar-refractivity contribution in [2.24, 2.45) is 15.7 Å². The summed E-state index contributed by atoms with van der Waals surface area (Å²) >= 11 is 0. The van der Waals surface area contributed by atoms with E-state index in [9.17, 15) is 4.79 Å². The van der Waals surface area contributed by atoms with Gasteiger partial charge in [-0.1, -0.05) is 82.5 Å². The molecule has 2 atom stereocenters. The first-order chi connectivity index (χ1) is 25.8. The molecule has 0 aromatic heterocycles. The molecule has 0 bridgehead atoms. The van der Waals surface area contributed by atoms with Crippen molar-refractivity contribution in [2.75, 3.05) is 33.9 Å². The van der Waals surface area contributed by atoms with E-state index in [1.165, 1.54) is 39.8 Å². The number of carbonyl (C=O) groups excluding carboxylic acids is 1. The van der Waals surface area contributed by atoms with E-state index in [-0.39, 0.29) is 12.1 Å². The van der Waals surface area contributed by atoms with Crippen LogP contribution in [0.1, 0.15) is 124 Å². The van der Waals surface area contributed by atoms with Gasteiger partial charge in [0.2, 0.25) is 0 Å². The highest BCUT2D eigenvalue weighted by atomic mass is 16.5. The van der Waals surface area contributed by atoms with E-state index >= 15 is 0 Å². The Hall–Kier alpha value is -3.79. The molecule has 0 spiro atoms. The van der Waals surface area contributed by atoms with Gasteiger partial charge in [0.15, 0.2) is 0 Å². The van der Waals surface area contributed by atoms with Crippen LogP contribution in [0.25, 0.3) is 0 Å². The molecule has 54 heavy (non-hydrogen) atoms. The lowest BCUT2D eigenvalue weighted by Gasteiger charge is -2.31. The van der Waals surface area contributed by atoms with Crippen LogP contribution in [-0.4, -0.2) is 73.3 Å². The van der Waals surface area contributed by atoms with Crippen molar-refractivity contribution in [1.29, 1.82) is 0 Å². The number of methoxy groups -OCH3 is 1. The number of aliphatic imine (C=N–C) groups is 2. The average molecular weight is 743 g/mol. The number of ether oxygens (including phenoxy) is 2. The quantitative estimate of drug-likeness (QED) is 0.0859. The van der Waals surface area contributed by atoms with Gasteiger partial charge in [0.05, 0.1) is 13.2 Å². The number of urea groups is 1. The molecule has 9 nitrogen and oxygen atoms in total. The Morgan fingerprint density at radius 3 is 1.94 bits per heavy atom. The summed E-state index contributed by atoms with van der Waals surface area (Å²) in [5.41, 5.74) is 15.0. The molecule has 2 amide bonds. The second kappa shape index (κ2) is 23.2. The van der Waals surface area contributed by atoms with Gasteiger partial charge in [-0.15, -0.1) is 0 Å². The SMILES string of the molecule is COCCOC1=NC(C)(N)C2NC(=O)N(Cc3ccc(CN(C)CCC/C(C)=C/CC/C(C)=C/CC/C=C(\C)CC/C=C(\C)CCC=C(C)C)cc3)C2=N1. The zero-order chi connectivity index (χ0) is 39.5. The van der Waals surface area contributed by atoms with Crippen LogP contribution in [0, 0.1) is 0 Å². The van der Waals surface area contributed by atoms with Crippen LogP contribution < -0.4 is 11.1 Å². The summed E-state index contributed by atoms with van der Waals surface area (Å²) in [5, 5.41) is 2.94. The van der Waals surface area contributed by atoms with Crippen LogP contribution in [0.3, 0.4) is 0 Å². The van der Waals surface area contributed by atoms with Gasteiger partial charge < -0.3 is 25.4 Å². The standard InChI is InChI=1S/C45H70N6O3/c1-34(2)16-12-19-37(5)22-13-20-35(3)17-10-11-18-36(4)21-14-23-38(6)24-15-29-50(8)32-39-25-27-40(28-26-39)33-51-42-41(47-44(51)52)45(7,46)49-43(48-42)54-31-30-53-9/h16-18,22-23,25-28,41H,10-15,19-21,24,29-33,46H2,1-9H3,(H,47,52)/b35-17+,36-18+,37-22+,38-23+. The normalized spacial score (nSPS) is 19.5. The number of hydrogen-bond acceptors (Lipinski definition) is 7. The third-order valence-electron chi connectivity index (χ3n) is 9.93. The number of benzene rings is 1. The molecule has 2 unspecified atom stereocenters. The molecule has 1 aromatic carbocycles. The number of nitrogens with one attached hydrogen (secondary N) is 1. The Balaban J connectivity index is 1.33. The van der Waals surface area contributed by atoms with Crippen LogP contribution in [0.15, 0.2) is 92.5 Å². The summed E-state index contributed by atoms with van der Waals surface area (Å²) in [4.78, 5) is 25.9. The first-order valence-electron chi connectivity index (χ1n) is 20.0. The maximum absolute atomic E-state index is 12.9. The Kier molecular flexibility index (Phi) is 19.2. The number of nitrogens with two attached hydrogens (primary N) is 1. The number of hydrogen-bond donors (Lipinski definition) is 2. The fourth-order valence-electron chi connectivity index (χ4n) is 6.59. The van der Waals surface area contributed by atoms with Crippen molar-refractivity contribution in [1.82, 2.24) is 15.1 Å². The minimum atomic E-state index is -1.07. The Bertz CT molecular complexity index is 1560. The predicted octanol–water partition coefficient (Wildman–Crippen LogP) is 9.77. The molecule has 298 valence electrons. The zero-order valence-corrected chi connectivity index (χ0v) is 35.0. The van der Waals surface area contributed by atoms with Crippen molar-refractivity contribution in [2.45, 2.75) is 137 Å². The highest BCUT2D eigenvalue weighted by Crippen LogP contribution is 2.25. The lowest BCUT2D eigenvalue weighted by molar-refractivity contribution is 0.138. The predicted molar refractivity (Wildman–Crippen MR) is 227 cm³/mol. The molecule has 0 aliphatic carbocycles. The molecule has 1 saturated heterocycles. The minimum Gasteiger partial charge on any atom is -0.461 e. The van der Waals surface area contributed by atoms with Crippen LogP contribution in [0.5, 0.6) is 0 Å². The molecule has 2 heterocycles. The number of rotatable bonds is 23. The number of amidine groups is 2. The summed E-state index contributed by atoms with van der Waals surface area (Å²) < 4.78 is 10.7. The molecule has 2 aliphatic heterocycles. The third-order valence-corrected chi connectivity index (χ3v) is 9.93. The first-order valence-corrected chi connectivity index (χ1v) is 20.0. The Labute approximate surface area is 327 Å². The molecule has 9 heteroatoms. The number of unbranched alkanes of at least 4 members (excludes halogenated alkanes) is 1. The van der Waals surface area contributed by atoms with Gasteiger partial charge in [0.1, 0.15) is 24.1 Å². The van der Waals surface area contributed by atoms with E-state index < -0.39 is 11.7 Å². The van der Waals surface area contributed by atoms with E-state index in [1.54, 1.807) is 18.9 Å². The van der Waals surface area contributed by atoms with Crippen molar-refractivity contribution in [3.8, 4) is 0 Å². The molecule has 0 saturated carbocycles. The molecule has 3 rings (SSSR count). The second-order valence-corrected chi connectivity index (χ2v) is 15.7. The van der Waals surface area contributed by atoms with Gasteiger partial charge in [0.25, 0.3) is 0 Å². The lowest BCUT2D eigenvalue weighted by atomic mass is 10.0. The third kappa shape index (κ3) is 16.3. The summed E-state index contributed by atoms with van der Waals surface area (Å²) in [6, 6.07) is 7.84. The lowest BCUT2D eigenvalue weighted by Crippen LogP contribution is -2.57. The fourth-order valence-corrected chi connectivity index (χ4v) is 6.59. The number of carbonyl (C=O) groups is 1. The molecule has 0 radical (unpaired) electrons.